The molecule has 8 nitrogen and oxygen atoms in total. The highest BCUT2D eigenvalue weighted by molar-refractivity contribution is 5.85. The van der Waals surface area contributed by atoms with Crippen LogP contribution in [0.15, 0.2) is 45.7 Å². The lowest BCUT2D eigenvalue weighted by Crippen LogP contribution is -2.26. The number of pyridine rings is 1. The Morgan fingerprint density at radius 2 is 1.97 bits per heavy atom. The quantitative estimate of drug-likeness (QED) is 0.338. The Hall–Kier alpha value is -3.68. The number of ether oxygens (including phenoxy) is 1. The van der Waals surface area contributed by atoms with Gasteiger partial charge in [0.2, 0.25) is 5.91 Å². The van der Waals surface area contributed by atoms with E-state index in [4.69, 9.17) is 9.15 Å². The van der Waals surface area contributed by atoms with Crippen LogP contribution >= 0.6 is 0 Å². The maximum Gasteiger partial charge on any atom is 0.339 e. The molecule has 32 heavy (non-hydrogen) atoms. The number of carbonyl (C=O) groups excluding carboxylic acids is 1. The molecule has 0 atom stereocenters. The van der Waals surface area contributed by atoms with E-state index in [0.29, 0.717) is 36.3 Å². The number of aryl methyl sites for hydroxylation is 3. The zero-order chi connectivity index (χ0) is 22.7. The molecular formula is C24H26N4O4. The molecule has 0 bridgehead atoms. The fourth-order valence-electron chi connectivity index (χ4n) is 3.94. The highest BCUT2D eigenvalue weighted by Crippen LogP contribution is 2.29. The Morgan fingerprint density at radius 3 is 2.78 bits per heavy atom. The third-order valence-corrected chi connectivity index (χ3v) is 5.76. The minimum Gasteiger partial charge on any atom is -0.496 e. The van der Waals surface area contributed by atoms with Crippen molar-refractivity contribution < 1.29 is 13.9 Å². The van der Waals surface area contributed by atoms with Crippen LogP contribution in [0.3, 0.4) is 0 Å². The van der Waals surface area contributed by atoms with Gasteiger partial charge in [-0.15, -0.1) is 10.2 Å². The number of rotatable bonds is 8. The van der Waals surface area contributed by atoms with Gasteiger partial charge in [-0.2, -0.15) is 0 Å². The van der Waals surface area contributed by atoms with Crippen LogP contribution in [0, 0.1) is 13.8 Å². The summed E-state index contributed by atoms with van der Waals surface area (Å²) >= 11 is 0. The van der Waals surface area contributed by atoms with Gasteiger partial charge in [0.1, 0.15) is 17.2 Å². The average molecular weight is 434 g/mol. The lowest BCUT2D eigenvalue weighted by Gasteiger charge is -2.11. The van der Waals surface area contributed by atoms with Gasteiger partial charge in [-0.05, 0) is 56.5 Å². The summed E-state index contributed by atoms with van der Waals surface area (Å²) in [4.78, 5) is 24.9. The predicted octanol–water partition coefficient (Wildman–Crippen LogP) is 3.14. The molecule has 0 unspecified atom stereocenters. The standard InChI is InChI=1S/C24H26N4O4/c1-15-17-9-11-19(31-3)16(2)23(17)32-24(30)18(15)10-12-22(29)25-13-6-8-21-27-26-20-7-4-5-14-28(20)21/h4-5,7,9,11,14H,6,8,10,12-13H2,1-3H3,(H,25,29). The summed E-state index contributed by atoms with van der Waals surface area (Å²) in [5.41, 5.74) is 3.10. The fraction of sp³-hybridized carbons (Fsp3) is 0.333. The molecule has 0 aliphatic carbocycles. The monoisotopic (exact) mass is 434 g/mol. The van der Waals surface area contributed by atoms with Gasteiger partial charge in [-0.1, -0.05) is 6.07 Å². The molecule has 0 radical (unpaired) electrons. The van der Waals surface area contributed by atoms with E-state index < -0.39 is 5.63 Å². The smallest absolute Gasteiger partial charge is 0.339 e. The van der Waals surface area contributed by atoms with Gasteiger partial charge in [0.25, 0.3) is 0 Å². The maximum atomic E-state index is 12.6. The third kappa shape index (κ3) is 4.21. The summed E-state index contributed by atoms with van der Waals surface area (Å²) in [6.07, 6.45) is 3.94. The Bertz CT molecular complexity index is 1340. The van der Waals surface area contributed by atoms with Crippen molar-refractivity contribution in [2.75, 3.05) is 13.7 Å². The van der Waals surface area contributed by atoms with Crippen molar-refractivity contribution >= 4 is 22.5 Å². The third-order valence-electron chi connectivity index (χ3n) is 5.76. The number of methoxy groups -OCH3 is 1. The van der Waals surface area contributed by atoms with Crippen LogP contribution in [0.2, 0.25) is 0 Å². The number of amides is 1. The maximum absolute atomic E-state index is 12.6. The van der Waals surface area contributed by atoms with Gasteiger partial charge in [-0.3, -0.25) is 9.20 Å². The van der Waals surface area contributed by atoms with Gasteiger partial charge < -0.3 is 14.5 Å². The molecular weight excluding hydrogens is 408 g/mol. The van der Waals surface area contributed by atoms with Crippen molar-refractivity contribution in [3.63, 3.8) is 0 Å². The molecule has 166 valence electrons. The van der Waals surface area contributed by atoms with Crippen molar-refractivity contribution in [3.05, 3.63) is 69.5 Å². The highest BCUT2D eigenvalue weighted by atomic mass is 16.5. The Balaban J connectivity index is 1.34. The van der Waals surface area contributed by atoms with Crippen LogP contribution < -0.4 is 15.7 Å². The average Bonchev–Trinajstić information content (AvgIpc) is 3.20. The molecule has 3 heterocycles. The van der Waals surface area contributed by atoms with Crippen LogP contribution in [0.4, 0.5) is 0 Å². The first-order valence-electron chi connectivity index (χ1n) is 10.6. The zero-order valence-electron chi connectivity index (χ0n) is 18.5. The van der Waals surface area contributed by atoms with Crippen LogP contribution in [0.5, 0.6) is 5.75 Å². The summed E-state index contributed by atoms with van der Waals surface area (Å²) in [7, 11) is 1.58. The summed E-state index contributed by atoms with van der Waals surface area (Å²) in [5.74, 6) is 1.44. The summed E-state index contributed by atoms with van der Waals surface area (Å²) < 4.78 is 12.8. The molecule has 8 heteroatoms. The van der Waals surface area contributed by atoms with E-state index in [0.717, 1.165) is 34.4 Å². The summed E-state index contributed by atoms with van der Waals surface area (Å²) in [5, 5.41) is 12.1. The van der Waals surface area contributed by atoms with Crippen molar-refractivity contribution in [3.8, 4) is 5.75 Å². The minimum atomic E-state index is -0.405. The molecule has 1 aromatic carbocycles. The van der Waals surface area contributed by atoms with Crippen molar-refractivity contribution in [1.29, 1.82) is 0 Å². The van der Waals surface area contributed by atoms with Crippen LogP contribution in [0.25, 0.3) is 16.6 Å². The SMILES string of the molecule is COc1ccc2c(C)c(CCC(=O)NCCCc3nnc4ccccn34)c(=O)oc2c1C. The first kappa shape index (κ1) is 21.5. The second kappa shape index (κ2) is 9.21. The molecule has 0 saturated heterocycles. The van der Waals surface area contributed by atoms with E-state index in [1.807, 2.05) is 54.8 Å². The van der Waals surface area contributed by atoms with Gasteiger partial charge >= 0.3 is 5.63 Å². The van der Waals surface area contributed by atoms with Crippen molar-refractivity contribution in [2.45, 2.75) is 39.5 Å². The van der Waals surface area contributed by atoms with Crippen LogP contribution in [-0.4, -0.2) is 34.2 Å². The largest absolute Gasteiger partial charge is 0.496 e. The molecule has 0 aliphatic rings. The van der Waals surface area contributed by atoms with Gasteiger partial charge in [-0.25, -0.2) is 4.79 Å². The molecule has 3 aromatic heterocycles. The lowest BCUT2D eigenvalue weighted by molar-refractivity contribution is -0.121. The van der Waals surface area contributed by atoms with Crippen LogP contribution in [-0.2, 0) is 17.6 Å². The molecule has 1 N–H and O–H groups in total. The van der Waals surface area contributed by atoms with E-state index in [1.165, 1.54) is 0 Å². The number of benzene rings is 1. The van der Waals surface area contributed by atoms with E-state index in [2.05, 4.69) is 15.5 Å². The highest BCUT2D eigenvalue weighted by Gasteiger charge is 2.16. The number of carbonyl (C=O) groups is 1. The summed E-state index contributed by atoms with van der Waals surface area (Å²) in [6.45, 7) is 4.28. The molecule has 4 aromatic rings. The van der Waals surface area contributed by atoms with Gasteiger partial charge in [0, 0.05) is 42.1 Å². The van der Waals surface area contributed by atoms with Gasteiger partial charge in [0.05, 0.1) is 7.11 Å². The topological polar surface area (TPSA) is 98.7 Å². The van der Waals surface area contributed by atoms with E-state index in [9.17, 15) is 9.59 Å². The molecule has 0 spiro atoms. The second-order valence-corrected chi connectivity index (χ2v) is 7.76. The number of hydrogen-bond donors (Lipinski definition) is 1. The first-order chi connectivity index (χ1) is 15.5. The number of aromatic nitrogens is 3. The molecule has 0 saturated carbocycles. The molecule has 4 rings (SSSR count). The number of nitrogens with one attached hydrogen (secondary N) is 1. The number of hydrogen-bond acceptors (Lipinski definition) is 6. The minimum absolute atomic E-state index is 0.0964. The summed E-state index contributed by atoms with van der Waals surface area (Å²) in [6, 6.07) is 9.51. The zero-order valence-corrected chi connectivity index (χ0v) is 18.5. The predicted molar refractivity (Wildman–Crippen MR) is 121 cm³/mol. The fourth-order valence-corrected chi connectivity index (χ4v) is 3.94. The van der Waals surface area contributed by atoms with E-state index in [1.54, 1.807) is 7.11 Å². The van der Waals surface area contributed by atoms with Crippen molar-refractivity contribution in [1.82, 2.24) is 19.9 Å². The van der Waals surface area contributed by atoms with E-state index in [-0.39, 0.29) is 12.3 Å². The number of nitrogens with zero attached hydrogens (tertiary/aromatic N) is 3. The molecule has 0 fully saturated rings. The van der Waals surface area contributed by atoms with Gasteiger partial charge in [0.15, 0.2) is 5.65 Å². The van der Waals surface area contributed by atoms with Crippen LogP contribution in [0.1, 0.15) is 35.4 Å². The normalized spacial score (nSPS) is 11.2. The Labute approximate surface area is 185 Å². The Morgan fingerprint density at radius 1 is 1.12 bits per heavy atom. The molecule has 0 aliphatic heterocycles. The number of fused-ring (bicyclic) bond motifs is 2. The second-order valence-electron chi connectivity index (χ2n) is 7.76. The van der Waals surface area contributed by atoms with Crippen molar-refractivity contribution in [2.24, 2.45) is 0 Å². The Kier molecular flexibility index (Phi) is 6.20. The first-order valence-corrected chi connectivity index (χ1v) is 10.6. The molecule has 1 amide bonds. The van der Waals surface area contributed by atoms with E-state index >= 15 is 0 Å². The lowest BCUT2D eigenvalue weighted by atomic mass is 10.0.